The van der Waals surface area contributed by atoms with Crippen molar-refractivity contribution >= 4 is 39.1 Å². The summed E-state index contributed by atoms with van der Waals surface area (Å²) >= 11 is 4.76. The minimum Gasteiger partial charge on any atom is -0.346 e. The molecule has 1 aliphatic carbocycles. The zero-order valence-electron chi connectivity index (χ0n) is 10.6. The zero-order chi connectivity index (χ0) is 13.6. The maximum atomic E-state index is 12.1. The maximum absolute atomic E-state index is 12.1. The molecule has 0 bridgehead atoms. The van der Waals surface area contributed by atoms with E-state index in [2.05, 4.69) is 28.2 Å². The van der Waals surface area contributed by atoms with E-state index < -0.39 is 0 Å². The summed E-state index contributed by atoms with van der Waals surface area (Å²) in [4.78, 5) is 26.6. The van der Waals surface area contributed by atoms with Crippen molar-refractivity contribution in [2.75, 3.05) is 6.54 Å². The number of hydrogen-bond acceptors (Lipinski definition) is 3. The van der Waals surface area contributed by atoms with Crippen LogP contribution in [0.2, 0.25) is 0 Å². The number of thiophene rings is 1. The number of halogens is 1. The van der Waals surface area contributed by atoms with Crippen LogP contribution in [0.1, 0.15) is 29.4 Å². The molecule has 1 saturated heterocycles. The van der Waals surface area contributed by atoms with Crippen molar-refractivity contribution in [1.82, 2.24) is 10.2 Å². The van der Waals surface area contributed by atoms with Crippen molar-refractivity contribution in [1.29, 1.82) is 0 Å². The van der Waals surface area contributed by atoms with E-state index in [-0.39, 0.29) is 17.9 Å². The summed E-state index contributed by atoms with van der Waals surface area (Å²) in [5.74, 6) is 0.695. The minimum atomic E-state index is -0.0922. The largest absolute Gasteiger partial charge is 0.346 e. The molecule has 19 heavy (non-hydrogen) atoms. The SMILES string of the molecule is C[C@@H]1C[C@@H]1N1C[C@@H](NC(=O)c2sccc2Br)CC1=O. The highest BCUT2D eigenvalue weighted by atomic mass is 79.9. The summed E-state index contributed by atoms with van der Waals surface area (Å²) in [6.45, 7) is 2.81. The monoisotopic (exact) mass is 342 g/mol. The topological polar surface area (TPSA) is 49.4 Å². The van der Waals surface area contributed by atoms with Crippen molar-refractivity contribution in [3.8, 4) is 0 Å². The van der Waals surface area contributed by atoms with E-state index in [1.807, 2.05) is 16.3 Å². The van der Waals surface area contributed by atoms with Crippen LogP contribution in [0.25, 0.3) is 0 Å². The van der Waals surface area contributed by atoms with E-state index in [1.54, 1.807) is 0 Å². The van der Waals surface area contributed by atoms with Gasteiger partial charge in [-0.05, 0) is 39.7 Å². The number of likely N-dealkylation sites (tertiary alicyclic amines) is 1. The quantitative estimate of drug-likeness (QED) is 0.915. The van der Waals surface area contributed by atoms with Crippen LogP contribution in [0.4, 0.5) is 0 Å². The second-order valence-electron chi connectivity index (χ2n) is 5.30. The van der Waals surface area contributed by atoms with E-state index in [0.717, 1.165) is 10.9 Å². The van der Waals surface area contributed by atoms with Crippen molar-refractivity contribution in [2.24, 2.45) is 5.92 Å². The molecule has 2 heterocycles. The van der Waals surface area contributed by atoms with Gasteiger partial charge >= 0.3 is 0 Å². The van der Waals surface area contributed by atoms with Crippen molar-refractivity contribution in [3.63, 3.8) is 0 Å². The van der Waals surface area contributed by atoms with Crippen LogP contribution in [0, 0.1) is 5.92 Å². The second kappa shape index (κ2) is 4.90. The first-order chi connectivity index (χ1) is 9.06. The Kier molecular flexibility index (Phi) is 3.39. The maximum Gasteiger partial charge on any atom is 0.262 e. The lowest BCUT2D eigenvalue weighted by molar-refractivity contribution is -0.128. The molecule has 2 fully saturated rings. The van der Waals surface area contributed by atoms with Crippen LogP contribution in [0.15, 0.2) is 15.9 Å². The Bertz CT molecular complexity index is 530. The van der Waals surface area contributed by atoms with Crippen LogP contribution in [-0.2, 0) is 4.79 Å². The number of rotatable bonds is 3. The lowest BCUT2D eigenvalue weighted by Crippen LogP contribution is -2.37. The lowest BCUT2D eigenvalue weighted by atomic mass is 10.2. The normalized spacial score (nSPS) is 29.7. The molecule has 102 valence electrons. The standard InChI is InChI=1S/C13H15BrN2O2S/c1-7-4-10(7)16-6-8(5-11(16)17)15-13(18)12-9(14)2-3-19-12/h2-3,7-8,10H,4-6H2,1H3,(H,15,18)/t7-,8+,10+/m1/s1. The Labute approximate surface area is 124 Å². The summed E-state index contributed by atoms with van der Waals surface area (Å²) in [7, 11) is 0. The van der Waals surface area contributed by atoms with Crippen molar-refractivity contribution in [2.45, 2.75) is 31.8 Å². The highest BCUT2D eigenvalue weighted by molar-refractivity contribution is 9.10. The van der Waals surface area contributed by atoms with Gasteiger partial charge in [-0.2, -0.15) is 0 Å². The fourth-order valence-electron chi connectivity index (χ4n) is 2.59. The molecule has 3 atom stereocenters. The van der Waals surface area contributed by atoms with E-state index in [4.69, 9.17) is 0 Å². The summed E-state index contributed by atoms with van der Waals surface area (Å²) < 4.78 is 0.812. The van der Waals surface area contributed by atoms with Gasteiger partial charge in [0.2, 0.25) is 5.91 Å². The van der Waals surface area contributed by atoms with E-state index >= 15 is 0 Å². The number of nitrogens with zero attached hydrogens (tertiary/aromatic N) is 1. The summed E-state index contributed by atoms with van der Waals surface area (Å²) in [5, 5.41) is 4.83. The molecule has 0 radical (unpaired) electrons. The average molecular weight is 343 g/mol. The van der Waals surface area contributed by atoms with Gasteiger partial charge < -0.3 is 10.2 Å². The molecule has 6 heteroatoms. The van der Waals surface area contributed by atoms with E-state index in [0.29, 0.717) is 29.8 Å². The number of hydrogen-bond donors (Lipinski definition) is 1. The minimum absolute atomic E-state index is 0.0539. The van der Waals surface area contributed by atoms with Gasteiger partial charge in [-0.15, -0.1) is 11.3 Å². The fourth-order valence-corrected chi connectivity index (χ4v) is 4.05. The third kappa shape index (κ3) is 2.56. The van der Waals surface area contributed by atoms with Gasteiger partial charge in [-0.3, -0.25) is 9.59 Å². The number of carbonyl (C=O) groups is 2. The Morgan fingerprint density at radius 2 is 2.32 bits per heavy atom. The Morgan fingerprint density at radius 1 is 1.58 bits per heavy atom. The molecule has 1 aromatic heterocycles. The molecule has 1 N–H and O–H groups in total. The first-order valence-electron chi connectivity index (χ1n) is 6.39. The number of nitrogens with one attached hydrogen (secondary N) is 1. The molecule has 1 aromatic rings. The fraction of sp³-hybridized carbons (Fsp3) is 0.538. The van der Waals surface area contributed by atoms with E-state index in [9.17, 15) is 9.59 Å². The molecule has 1 aliphatic heterocycles. The van der Waals surface area contributed by atoms with Gasteiger partial charge in [-0.1, -0.05) is 6.92 Å². The highest BCUT2D eigenvalue weighted by Crippen LogP contribution is 2.37. The van der Waals surface area contributed by atoms with Crippen molar-refractivity contribution in [3.05, 3.63) is 20.8 Å². The molecular weight excluding hydrogens is 328 g/mol. The Balaban J connectivity index is 1.61. The average Bonchev–Trinajstić information content (AvgIpc) is 2.75. The first kappa shape index (κ1) is 13.1. The van der Waals surface area contributed by atoms with Gasteiger partial charge in [0.05, 0.1) is 6.04 Å². The predicted molar refractivity (Wildman–Crippen MR) is 77.2 cm³/mol. The lowest BCUT2D eigenvalue weighted by Gasteiger charge is -2.16. The number of carbonyl (C=O) groups excluding carboxylic acids is 2. The van der Waals surface area contributed by atoms with Crippen LogP contribution >= 0.6 is 27.3 Å². The molecule has 1 saturated carbocycles. The Hall–Kier alpha value is -0.880. The van der Waals surface area contributed by atoms with Gasteiger partial charge in [0, 0.05) is 23.5 Å². The molecule has 2 amide bonds. The third-order valence-corrected chi connectivity index (χ3v) is 5.62. The van der Waals surface area contributed by atoms with E-state index in [1.165, 1.54) is 11.3 Å². The third-order valence-electron chi connectivity index (χ3n) is 3.78. The number of amides is 2. The zero-order valence-corrected chi connectivity index (χ0v) is 13.0. The van der Waals surface area contributed by atoms with Gasteiger partial charge in [-0.25, -0.2) is 0 Å². The predicted octanol–water partition coefficient (Wildman–Crippen LogP) is 2.25. The molecule has 3 rings (SSSR count). The van der Waals surface area contributed by atoms with Crippen LogP contribution in [0.3, 0.4) is 0 Å². The molecule has 4 nitrogen and oxygen atoms in total. The summed E-state index contributed by atoms with van der Waals surface area (Å²) in [6, 6.07) is 2.21. The molecule has 0 spiro atoms. The van der Waals surface area contributed by atoms with Gasteiger partial charge in [0.15, 0.2) is 0 Å². The van der Waals surface area contributed by atoms with Gasteiger partial charge in [0.1, 0.15) is 4.88 Å². The smallest absolute Gasteiger partial charge is 0.262 e. The Morgan fingerprint density at radius 3 is 2.89 bits per heavy atom. The summed E-state index contributed by atoms with van der Waals surface area (Å²) in [5.41, 5.74) is 0. The molecular formula is C13H15BrN2O2S. The molecule has 0 aromatic carbocycles. The van der Waals surface area contributed by atoms with Crippen LogP contribution in [0.5, 0.6) is 0 Å². The molecule has 0 unspecified atom stereocenters. The highest BCUT2D eigenvalue weighted by Gasteiger charge is 2.44. The van der Waals surface area contributed by atoms with Crippen LogP contribution < -0.4 is 5.32 Å². The van der Waals surface area contributed by atoms with Gasteiger partial charge in [0.25, 0.3) is 5.91 Å². The van der Waals surface area contributed by atoms with Crippen molar-refractivity contribution < 1.29 is 9.59 Å². The summed E-state index contributed by atoms with van der Waals surface area (Å²) in [6.07, 6.45) is 1.53. The first-order valence-corrected chi connectivity index (χ1v) is 8.07. The van der Waals surface area contributed by atoms with Crippen LogP contribution in [-0.4, -0.2) is 35.3 Å². The second-order valence-corrected chi connectivity index (χ2v) is 7.07. The molecule has 2 aliphatic rings.